The van der Waals surface area contributed by atoms with E-state index in [0.717, 1.165) is 35.3 Å². The number of carbonyl (C=O) groups is 3. The maximum Gasteiger partial charge on any atom is 0.475 e. The Hall–Kier alpha value is -4.87. The highest BCUT2D eigenvalue weighted by atomic mass is 16.5. The second kappa shape index (κ2) is 15.9. The van der Waals surface area contributed by atoms with E-state index in [1.165, 1.54) is 6.07 Å². The van der Waals surface area contributed by atoms with E-state index in [2.05, 4.69) is 15.6 Å². The summed E-state index contributed by atoms with van der Waals surface area (Å²) in [4.78, 5) is 42.7. The van der Waals surface area contributed by atoms with E-state index in [0.29, 0.717) is 31.1 Å². The van der Waals surface area contributed by atoms with Crippen LogP contribution in [0, 0.1) is 0 Å². The number of benzene rings is 3. The molecule has 238 valence electrons. The van der Waals surface area contributed by atoms with Gasteiger partial charge in [0.2, 0.25) is 5.91 Å². The molecule has 1 aromatic heterocycles. The summed E-state index contributed by atoms with van der Waals surface area (Å²) < 4.78 is 11.7. The van der Waals surface area contributed by atoms with E-state index in [1.807, 2.05) is 66.7 Å². The Bertz CT molecular complexity index is 1590. The molecule has 5 heterocycles. The molecular weight excluding hydrogens is 585 g/mol. The van der Waals surface area contributed by atoms with Gasteiger partial charge in [-0.15, -0.1) is 0 Å². The van der Waals surface area contributed by atoms with Gasteiger partial charge < -0.3 is 35.1 Å². The summed E-state index contributed by atoms with van der Waals surface area (Å²) in [7, 11) is -1.83. The van der Waals surface area contributed by atoms with Crippen LogP contribution in [0.1, 0.15) is 56.9 Å². The van der Waals surface area contributed by atoms with Gasteiger partial charge in [-0.05, 0) is 78.8 Å². The number of hydrogen-bond donors (Lipinski definition) is 5. The minimum Gasteiger partial charge on any atom is -0.494 e. The molecule has 3 aromatic carbocycles. The first kappa shape index (κ1) is 32.5. The lowest BCUT2D eigenvalue weighted by atomic mass is 9.75. The van der Waals surface area contributed by atoms with Crippen LogP contribution in [0.3, 0.4) is 0 Å². The number of amides is 2. The quantitative estimate of drug-likeness (QED) is 0.214. The van der Waals surface area contributed by atoms with Gasteiger partial charge >= 0.3 is 7.12 Å². The second-order valence-corrected chi connectivity index (χ2v) is 11.3. The normalized spacial score (nSPS) is 16.8. The number of carbonyl (C=O) groups excluding carboxylic acids is 3. The van der Waals surface area contributed by atoms with Crippen molar-refractivity contribution in [1.29, 1.82) is 0 Å². The smallest absolute Gasteiger partial charge is 0.475 e. The number of aryl methyl sites for hydroxylation is 1. The lowest BCUT2D eigenvalue weighted by molar-refractivity contribution is -0.123. The number of rotatable bonds is 5. The molecule has 0 saturated carbocycles. The molecule has 0 radical (unpaired) electrons. The first-order valence-corrected chi connectivity index (χ1v) is 15.5. The first-order chi connectivity index (χ1) is 22.3. The van der Waals surface area contributed by atoms with Crippen molar-refractivity contribution in [3.8, 4) is 11.5 Å². The van der Waals surface area contributed by atoms with E-state index in [-0.39, 0.29) is 30.7 Å². The maximum atomic E-state index is 13.6. The van der Waals surface area contributed by atoms with Gasteiger partial charge in [-0.25, -0.2) is 0 Å². The number of aromatic amines is 1. The zero-order valence-electron chi connectivity index (χ0n) is 25.5. The van der Waals surface area contributed by atoms with Crippen molar-refractivity contribution in [1.82, 2.24) is 15.6 Å². The summed E-state index contributed by atoms with van der Waals surface area (Å²) in [5, 5.41) is 25.6. The molecule has 5 N–H and O–H groups in total. The monoisotopic (exact) mass is 623 g/mol. The molecule has 8 rings (SSSR count). The Morgan fingerprint density at radius 1 is 0.804 bits per heavy atom. The number of ketones is 1. The van der Waals surface area contributed by atoms with Gasteiger partial charge in [0.25, 0.3) is 5.91 Å². The van der Waals surface area contributed by atoms with Gasteiger partial charge in [0.15, 0.2) is 5.78 Å². The van der Waals surface area contributed by atoms with Crippen LogP contribution in [0.5, 0.6) is 11.5 Å². The van der Waals surface area contributed by atoms with Gasteiger partial charge in [-0.1, -0.05) is 54.6 Å². The standard InChI is InChI=1S/C35H38BN3O7/c40-32-19-12-24-8-13-27(14-9-24)45-20-4-5-21-46-28-15-10-26(11-16-28)22-31(38-34(41)30-18-17-29(32)37-30)35(42)39-33(36(43)44)23-25-6-2-1-3-7-25/h1-3,6-11,13-18,31,33,37,43-44H,4-5,12,19-23H2,(H,38,41)(H,39,42)/t31-,33?/m0/s1. The Morgan fingerprint density at radius 3 is 2.04 bits per heavy atom. The Kier molecular flexibility index (Phi) is 11.3. The van der Waals surface area contributed by atoms with Gasteiger partial charge in [-0.3, -0.25) is 14.4 Å². The third kappa shape index (κ3) is 9.32. The zero-order chi connectivity index (χ0) is 32.3. The Morgan fingerprint density at radius 2 is 1.41 bits per heavy atom. The molecule has 0 fully saturated rings. The summed E-state index contributed by atoms with van der Waals surface area (Å²) in [6.45, 7) is 1.07. The number of Topliss-reactive ketones (excluding diaryl/α,β-unsaturated/α-hetero) is 1. The van der Waals surface area contributed by atoms with Crippen molar-refractivity contribution in [2.24, 2.45) is 0 Å². The van der Waals surface area contributed by atoms with Crippen LogP contribution in [0.25, 0.3) is 0 Å². The molecule has 0 aliphatic carbocycles. The third-order valence-corrected chi connectivity index (χ3v) is 7.84. The second-order valence-electron chi connectivity index (χ2n) is 11.3. The van der Waals surface area contributed by atoms with E-state index in [4.69, 9.17) is 9.47 Å². The molecule has 10 nitrogen and oxygen atoms in total. The highest BCUT2D eigenvalue weighted by Crippen LogP contribution is 2.18. The highest BCUT2D eigenvalue weighted by molar-refractivity contribution is 6.43. The van der Waals surface area contributed by atoms with Crippen LogP contribution < -0.4 is 20.1 Å². The van der Waals surface area contributed by atoms with Crippen LogP contribution in [-0.2, 0) is 24.1 Å². The van der Waals surface area contributed by atoms with Crippen molar-refractivity contribution in [3.05, 3.63) is 119 Å². The number of hydrogen-bond acceptors (Lipinski definition) is 7. The van der Waals surface area contributed by atoms with Crippen LogP contribution in [0.15, 0.2) is 91.0 Å². The van der Waals surface area contributed by atoms with E-state index < -0.39 is 30.9 Å². The molecule has 2 atom stereocenters. The number of H-pyrrole nitrogens is 1. The molecule has 2 amide bonds. The van der Waals surface area contributed by atoms with Gasteiger partial charge in [0.05, 0.1) is 24.8 Å². The van der Waals surface area contributed by atoms with E-state index in [1.54, 1.807) is 18.2 Å². The molecule has 4 aliphatic heterocycles. The topological polar surface area (TPSA) is 150 Å². The lowest BCUT2D eigenvalue weighted by Gasteiger charge is -2.23. The predicted octanol–water partition coefficient (Wildman–Crippen LogP) is 3.46. The van der Waals surface area contributed by atoms with Gasteiger partial charge in [0, 0.05) is 12.8 Å². The molecule has 1 unspecified atom stereocenters. The summed E-state index contributed by atoms with van der Waals surface area (Å²) in [6, 6.07) is 26.1. The van der Waals surface area contributed by atoms with Crippen molar-refractivity contribution >= 4 is 24.7 Å². The average Bonchev–Trinajstić information content (AvgIpc) is 3.57. The van der Waals surface area contributed by atoms with Gasteiger partial charge in [0.1, 0.15) is 23.2 Å². The van der Waals surface area contributed by atoms with E-state index >= 15 is 0 Å². The number of aromatic nitrogens is 1. The highest BCUT2D eigenvalue weighted by Gasteiger charge is 2.30. The average molecular weight is 624 g/mol. The maximum absolute atomic E-state index is 13.6. The molecule has 0 spiro atoms. The van der Waals surface area contributed by atoms with Crippen molar-refractivity contribution in [3.63, 3.8) is 0 Å². The van der Waals surface area contributed by atoms with Gasteiger partial charge in [-0.2, -0.15) is 0 Å². The van der Waals surface area contributed by atoms with Crippen LogP contribution >= 0.6 is 0 Å². The largest absolute Gasteiger partial charge is 0.494 e. The molecule has 6 bridgehead atoms. The summed E-state index contributed by atoms with van der Waals surface area (Å²) in [6.07, 6.45) is 2.69. The van der Waals surface area contributed by atoms with Crippen LogP contribution in [0.2, 0.25) is 0 Å². The Balaban J connectivity index is 1.35. The fourth-order valence-electron chi connectivity index (χ4n) is 5.20. The zero-order valence-corrected chi connectivity index (χ0v) is 25.5. The van der Waals surface area contributed by atoms with Crippen LogP contribution in [0.4, 0.5) is 0 Å². The Labute approximate surface area is 268 Å². The lowest BCUT2D eigenvalue weighted by Crippen LogP contribution is -2.55. The number of ether oxygens (including phenoxy) is 2. The SMILES string of the molecule is O=C1CCc2ccc(cc2)OCCCCOc2ccc(cc2)C[C@@H](C(=O)NC(Cc2ccccc2)B(O)O)NC(=O)c2ccc1[nH]2. The van der Waals surface area contributed by atoms with Crippen LogP contribution in [-0.4, -0.2) is 64.9 Å². The minimum absolute atomic E-state index is 0.125. The molecule has 4 aliphatic rings. The van der Waals surface area contributed by atoms with Crippen molar-refractivity contribution < 1.29 is 33.9 Å². The fraction of sp³-hybridized carbons (Fsp3) is 0.286. The van der Waals surface area contributed by atoms with Crippen molar-refractivity contribution in [2.75, 3.05) is 13.2 Å². The third-order valence-electron chi connectivity index (χ3n) is 7.84. The molecule has 0 saturated heterocycles. The fourth-order valence-corrected chi connectivity index (χ4v) is 5.20. The first-order valence-electron chi connectivity index (χ1n) is 15.5. The predicted molar refractivity (Wildman–Crippen MR) is 174 cm³/mol. The number of nitrogens with one attached hydrogen (secondary N) is 3. The summed E-state index contributed by atoms with van der Waals surface area (Å²) in [5.41, 5.74) is 2.98. The molecule has 46 heavy (non-hydrogen) atoms. The minimum atomic E-state index is -1.83. The molecule has 11 heteroatoms. The molecule has 4 aromatic rings. The van der Waals surface area contributed by atoms with Crippen molar-refractivity contribution in [2.45, 2.75) is 50.5 Å². The van der Waals surface area contributed by atoms with E-state index in [9.17, 15) is 24.4 Å². The molecular formula is C35H38BN3O7. The summed E-state index contributed by atoms with van der Waals surface area (Å²) >= 11 is 0. The summed E-state index contributed by atoms with van der Waals surface area (Å²) in [5.74, 6) is -0.872.